The van der Waals surface area contributed by atoms with Crippen LogP contribution < -0.4 is 16.0 Å². The van der Waals surface area contributed by atoms with Gasteiger partial charge < -0.3 is 16.0 Å². The third-order valence-electron chi connectivity index (χ3n) is 2.47. The van der Waals surface area contributed by atoms with Crippen molar-refractivity contribution in [3.8, 4) is 0 Å². The molecule has 0 spiro atoms. The van der Waals surface area contributed by atoms with Crippen molar-refractivity contribution >= 4 is 17.4 Å². The molecule has 1 amide bonds. The standard InChI is InChI=1S/C11H16N4O/c1-2-12-10-5-8(3-4-13-10)15-9-6-11(16)14-7-9/h3-5,9H,2,6-7H2,1H3,(H,14,16)(H2,12,13,15). The van der Waals surface area contributed by atoms with Gasteiger partial charge in [0.15, 0.2) is 0 Å². The van der Waals surface area contributed by atoms with Crippen LogP contribution >= 0.6 is 0 Å². The van der Waals surface area contributed by atoms with E-state index in [1.807, 2.05) is 19.1 Å². The zero-order valence-corrected chi connectivity index (χ0v) is 9.29. The van der Waals surface area contributed by atoms with Crippen molar-refractivity contribution in [1.82, 2.24) is 10.3 Å². The van der Waals surface area contributed by atoms with Crippen LogP contribution in [0.25, 0.3) is 0 Å². The van der Waals surface area contributed by atoms with E-state index in [-0.39, 0.29) is 11.9 Å². The maximum Gasteiger partial charge on any atom is 0.222 e. The van der Waals surface area contributed by atoms with Gasteiger partial charge in [0.1, 0.15) is 5.82 Å². The molecule has 2 rings (SSSR count). The van der Waals surface area contributed by atoms with Gasteiger partial charge in [-0.05, 0) is 13.0 Å². The second kappa shape index (κ2) is 4.83. The molecule has 0 aliphatic carbocycles. The van der Waals surface area contributed by atoms with Gasteiger partial charge in [0, 0.05) is 37.5 Å². The van der Waals surface area contributed by atoms with Gasteiger partial charge >= 0.3 is 0 Å². The van der Waals surface area contributed by atoms with Gasteiger partial charge in [0.05, 0.1) is 6.04 Å². The number of nitrogens with zero attached hydrogens (tertiary/aromatic N) is 1. The summed E-state index contributed by atoms with van der Waals surface area (Å²) in [6.45, 7) is 3.57. The Bertz CT molecular complexity index is 380. The average molecular weight is 220 g/mol. The van der Waals surface area contributed by atoms with Gasteiger partial charge in [0.2, 0.25) is 5.91 Å². The smallest absolute Gasteiger partial charge is 0.222 e. The number of hydrogen-bond donors (Lipinski definition) is 3. The first-order valence-corrected chi connectivity index (χ1v) is 5.51. The lowest BCUT2D eigenvalue weighted by Gasteiger charge is -2.12. The molecule has 1 aliphatic rings. The molecule has 1 fully saturated rings. The van der Waals surface area contributed by atoms with Crippen molar-refractivity contribution < 1.29 is 4.79 Å². The van der Waals surface area contributed by atoms with E-state index in [0.717, 1.165) is 18.1 Å². The molecule has 0 radical (unpaired) electrons. The monoisotopic (exact) mass is 220 g/mol. The molecule has 86 valence electrons. The molecule has 1 aromatic heterocycles. The van der Waals surface area contributed by atoms with Gasteiger partial charge in [-0.15, -0.1) is 0 Å². The van der Waals surface area contributed by atoms with Crippen molar-refractivity contribution in [3.63, 3.8) is 0 Å². The number of carbonyl (C=O) groups excluding carboxylic acids is 1. The van der Waals surface area contributed by atoms with E-state index in [1.165, 1.54) is 0 Å². The van der Waals surface area contributed by atoms with Crippen molar-refractivity contribution in [3.05, 3.63) is 18.3 Å². The topological polar surface area (TPSA) is 66.0 Å². The van der Waals surface area contributed by atoms with E-state index in [2.05, 4.69) is 20.9 Å². The van der Waals surface area contributed by atoms with Crippen molar-refractivity contribution in [1.29, 1.82) is 0 Å². The zero-order chi connectivity index (χ0) is 11.4. The highest BCUT2D eigenvalue weighted by atomic mass is 16.1. The third-order valence-corrected chi connectivity index (χ3v) is 2.47. The quantitative estimate of drug-likeness (QED) is 0.702. The minimum atomic E-state index is 0.110. The number of aromatic nitrogens is 1. The Kier molecular flexibility index (Phi) is 3.24. The molecule has 2 heterocycles. The Morgan fingerprint density at radius 1 is 1.62 bits per heavy atom. The number of rotatable bonds is 4. The van der Waals surface area contributed by atoms with Crippen LogP contribution in [0.15, 0.2) is 18.3 Å². The summed E-state index contributed by atoms with van der Waals surface area (Å²) in [5.41, 5.74) is 0.993. The lowest BCUT2D eigenvalue weighted by Crippen LogP contribution is -2.22. The summed E-state index contributed by atoms with van der Waals surface area (Å²) in [5.74, 6) is 0.961. The average Bonchev–Trinajstić information content (AvgIpc) is 2.65. The predicted octanol–water partition coefficient (Wildman–Crippen LogP) is 0.814. The lowest BCUT2D eigenvalue weighted by molar-refractivity contribution is -0.119. The van der Waals surface area contributed by atoms with Gasteiger partial charge in [-0.2, -0.15) is 0 Å². The highest BCUT2D eigenvalue weighted by molar-refractivity contribution is 5.79. The number of carbonyl (C=O) groups is 1. The zero-order valence-electron chi connectivity index (χ0n) is 9.29. The minimum absolute atomic E-state index is 0.110. The van der Waals surface area contributed by atoms with Gasteiger partial charge in [-0.1, -0.05) is 0 Å². The van der Waals surface area contributed by atoms with Crippen molar-refractivity contribution in [2.75, 3.05) is 23.7 Å². The second-order valence-corrected chi connectivity index (χ2v) is 3.81. The highest BCUT2D eigenvalue weighted by Crippen LogP contribution is 2.15. The fraction of sp³-hybridized carbons (Fsp3) is 0.455. The maximum absolute atomic E-state index is 11.0. The minimum Gasteiger partial charge on any atom is -0.380 e. The first-order chi connectivity index (χ1) is 7.78. The molecule has 1 aromatic rings. The molecule has 16 heavy (non-hydrogen) atoms. The van der Waals surface area contributed by atoms with E-state index in [1.54, 1.807) is 6.20 Å². The van der Waals surface area contributed by atoms with Crippen LogP contribution in [0.1, 0.15) is 13.3 Å². The molecule has 0 aromatic carbocycles. The molecule has 0 bridgehead atoms. The summed E-state index contributed by atoms with van der Waals surface area (Å²) >= 11 is 0. The SMILES string of the molecule is CCNc1cc(NC2CNC(=O)C2)ccn1. The fourth-order valence-electron chi connectivity index (χ4n) is 1.74. The first-order valence-electron chi connectivity index (χ1n) is 5.51. The number of hydrogen-bond acceptors (Lipinski definition) is 4. The molecule has 1 saturated heterocycles. The van der Waals surface area contributed by atoms with Crippen LogP contribution in [0.2, 0.25) is 0 Å². The lowest BCUT2D eigenvalue weighted by atomic mass is 10.2. The van der Waals surface area contributed by atoms with E-state index in [0.29, 0.717) is 13.0 Å². The molecule has 1 aliphatic heterocycles. The van der Waals surface area contributed by atoms with E-state index < -0.39 is 0 Å². The van der Waals surface area contributed by atoms with Gasteiger partial charge in [0.25, 0.3) is 0 Å². The summed E-state index contributed by atoms with van der Waals surface area (Å²) < 4.78 is 0. The second-order valence-electron chi connectivity index (χ2n) is 3.81. The summed E-state index contributed by atoms with van der Waals surface area (Å²) in [5, 5.41) is 9.25. The van der Waals surface area contributed by atoms with E-state index >= 15 is 0 Å². The van der Waals surface area contributed by atoms with Crippen LogP contribution in [-0.2, 0) is 4.79 Å². The molecule has 1 unspecified atom stereocenters. The summed E-state index contributed by atoms with van der Waals surface area (Å²) in [6.07, 6.45) is 2.30. The number of pyridine rings is 1. The number of nitrogens with one attached hydrogen (secondary N) is 3. The summed E-state index contributed by atoms with van der Waals surface area (Å²) in [4.78, 5) is 15.2. The number of anilines is 2. The predicted molar refractivity (Wildman–Crippen MR) is 63.4 cm³/mol. The van der Waals surface area contributed by atoms with Gasteiger partial charge in [-0.25, -0.2) is 4.98 Å². The number of amides is 1. The molecule has 1 atom stereocenters. The van der Waals surface area contributed by atoms with Gasteiger partial charge in [-0.3, -0.25) is 4.79 Å². The molecular formula is C11H16N4O. The van der Waals surface area contributed by atoms with Crippen LogP contribution in [0, 0.1) is 0 Å². The van der Waals surface area contributed by atoms with Crippen LogP contribution in [0.4, 0.5) is 11.5 Å². The normalized spacial score (nSPS) is 19.3. The van der Waals surface area contributed by atoms with Crippen molar-refractivity contribution in [2.45, 2.75) is 19.4 Å². The Labute approximate surface area is 94.6 Å². The maximum atomic E-state index is 11.0. The highest BCUT2D eigenvalue weighted by Gasteiger charge is 2.20. The molecular weight excluding hydrogens is 204 g/mol. The first kappa shape index (κ1) is 10.7. The van der Waals surface area contributed by atoms with Crippen molar-refractivity contribution in [2.24, 2.45) is 0 Å². The van der Waals surface area contributed by atoms with E-state index in [4.69, 9.17) is 0 Å². The van der Waals surface area contributed by atoms with Crippen LogP contribution in [0.3, 0.4) is 0 Å². The Morgan fingerprint density at radius 2 is 2.50 bits per heavy atom. The Morgan fingerprint density at radius 3 is 3.19 bits per heavy atom. The van der Waals surface area contributed by atoms with Crippen LogP contribution in [-0.4, -0.2) is 30.0 Å². The molecule has 5 nitrogen and oxygen atoms in total. The molecule has 3 N–H and O–H groups in total. The Hall–Kier alpha value is -1.78. The van der Waals surface area contributed by atoms with Crippen LogP contribution in [0.5, 0.6) is 0 Å². The summed E-state index contributed by atoms with van der Waals surface area (Å²) in [7, 11) is 0. The Balaban J connectivity index is 1.98. The largest absolute Gasteiger partial charge is 0.380 e. The molecule has 0 saturated carbocycles. The molecule has 5 heteroatoms. The third kappa shape index (κ3) is 2.62. The fourth-order valence-corrected chi connectivity index (χ4v) is 1.74. The summed E-state index contributed by atoms with van der Waals surface area (Å²) in [6, 6.07) is 4.04. The van der Waals surface area contributed by atoms with E-state index in [9.17, 15) is 4.79 Å².